The summed E-state index contributed by atoms with van der Waals surface area (Å²) in [6.07, 6.45) is -4.40. The second kappa shape index (κ2) is 37.2. The third-order valence-electron chi connectivity index (χ3n) is 25.4. The first-order valence-electron chi connectivity index (χ1n) is 39.8. The van der Waals surface area contributed by atoms with Gasteiger partial charge in [0, 0.05) is 89.6 Å². The van der Waals surface area contributed by atoms with Crippen LogP contribution in [0.5, 0.6) is 0 Å². The van der Waals surface area contributed by atoms with Crippen molar-refractivity contribution in [1.82, 2.24) is 60.0 Å². The molecular weight excluding hydrogens is 1440 g/mol. The minimum absolute atomic E-state index is 0.0363. The lowest BCUT2D eigenvalue weighted by molar-refractivity contribution is -0.215. The van der Waals surface area contributed by atoms with Gasteiger partial charge in [-0.25, -0.2) is 0 Å². The van der Waals surface area contributed by atoms with Crippen LogP contribution in [0.1, 0.15) is 189 Å². The minimum atomic E-state index is -4.57. The molecule has 0 aromatic heterocycles. The molecule has 5 saturated carbocycles. The number of fused-ring (bicyclic) bond motifs is 3. The van der Waals surface area contributed by atoms with Gasteiger partial charge in [0.15, 0.2) is 0 Å². The molecule has 32 heteroatoms. The molecule has 3 N–H and O–H groups in total. The summed E-state index contributed by atoms with van der Waals surface area (Å²) in [5.41, 5.74) is -2.26. The van der Waals surface area contributed by atoms with E-state index in [1.165, 1.54) is 92.9 Å². The van der Waals surface area contributed by atoms with E-state index in [-0.39, 0.29) is 116 Å². The molecule has 3 heterocycles. The summed E-state index contributed by atoms with van der Waals surface area (Å²) in [5, 5.41) is 8.78. The molecule has 2 saturated heterocycles. The van der Waals surface area contributed by atoms with Crippen molar-refractivity contribution < 1.29 is 93.4 Å². The van der Waals surface area contributed by atoms with Crippen LogP contribution in [0.3, 0.4) is 0 Å². The number of nitrogens with zero attached hydrogens (tertiary/aromatic N) is 9. The van der Waals surface area contributed by atoms with E-state index in [1.54, 1.807) is 32.9 Å². The molecule has 3 aliphatic heterocycles. The highest BCUT2D eigenvalue weighted by Gasteiger charge is 2.60. The van der Waals surface area contributed by atoms with E-state index in [9.17, 15) is 45.5 Å². The molecule has 8 aliphatic rings. The summed E-state index contributed by atoms with van der Waals surface area (Å²) in [7, 11) is 12.4. The Bertz CT molecular complexity index is 3330. The van der Waals surface area contributed by atoms with Gasteiger partial charge in [0.25, 0.3) is 0 Å². The predicted molar refractivity (Wildman–Crippen MR) is 394 cm³/mol. The van der Waals surface area contributed by atoms with Gasteiger partial charge in [0.05, 0.1) is 43.6 Å². The summed E-state index contributed by atoms with van der Waals surface area (Å²) in [4.78, 5) is 194. The Morgan fingerprint density at radius 2 is 1.25 bits per heavy atom. The largest absolute Gasteiger partial charge is 0.394 e. The van der Waals surface area contributed by atoms with Gasteiger partial charge in [-0.2, -0.15) is 26.3 Å². The fourth-order valence-electron chi connectivity index (χ4n) is 18.7. The van der Waals surface area contributed by atoms with Crippen LogP contribution in [0.25, 0.3) is 0 Å². The summed E-state index contributed by atoms with van der Waals surface area (Å²) >= 11 is 0. The van der Waals surface area contributed by atoms with Crippen molar-refractivity contribution in [2.24, 2.45) is 46.8 Å². The quantitative estimate of drug-likeness (QED) is 0.132. The summed E-state index contributed by atoms with van der Waals surface area (Å²) in [6.45, 7) is 7.51. The molecule has 0 aromatic rings. The number of carbonyl (C=O) groups is 12. The maximum atomic E-state index is 15.8. The van der Waals surface area contributed by atoms with Crippen molar-refractivity contribution >= 4 is 70.9 Å². The average Bonchev–Trinajstić information content (AvgIpc) is 0.982. The molecule has 3 unspecified atom stereocenters. The lowest BCUT2D eigenvalue weighted by atomic mass is 9.58. The molecule has 2 bridgehead atoms. The smallest absolute Gasteiger partial charge is 0.381 e. The molecule has 0 radical (unpaired) electrons. The van der Waals surface area contributed by atoms with E-state index in [0.717, 1.165) is 21.1 Å². The third-order valence-corrected chi connectivity index (χ3v) is 25.4. The number of hydrogen-bond acceptors (Lipinski definition) is 14. The highest BCUT2D eigenvalue weighted by molar-refractivity contribution is 6.01. The third kappa shape index (κ3) is 20.8. The Morgan fingerprint density at radius 3 is 1.83 bits per heavy atom. The van der Waals surface area contributed by atoms with Gasteiger partial charge in [-0.15, -0.1) is 0 Å². The average molecular weight is 1570 g/mol. The molecule has 13 atom stereocenters. The van der Waals surface area contributed by atoms with Crippen molar-refractivity contribution in [2.75, 3.05) is 96.3 Å². The summed E-state index contributed by atoms with van der Waals surface area (Å²) in [6, 6.07) is -10.8. The van der Waals surface area contributed by atoms with Crippen LogP contribution < -0.4 is 16.0 Å². The van der Waals surface area contributed by atoms with Crippen molar-refractivity contribution in [3.8, 4) is 0 Å². The van der Waals surface area contributed by atoms with Crippen LogP contribution in [0.4, 0.5) is 26.3 Å². The fraction of sp³-hybridized carbons (Fsp3) is 0.821. The molecule has 26 nitrogen and oxygen atoms in total. The lowest BCUT2D eigenvalue weighted by Gasteiger charge is -2.54. The van der Waals surface area contributed by atoms with Crippen LogP contribution in [0.2, 0.25) is 0 Å². The normalized spacial score (nSPS) is 32.2. The first-order valence-corrected chi connectivity index (χ1v) is 39.8. The van der Waals surface area contributed by atoms with E-state index < -0.39 is 216 Å². The van der Waals surface area contributed by atoms with Crippen molar-refractivity contribution in [1.29, 1.82) is 0 Å². The highest BCUT2D eigenvalue weighted by Crippen LogP contribution is 2.50. The molecule has 110 heavy (non-hydrogen) atoms. The van der Waals surface area contributed by atoms with Crippen molar-refractivity contribution in [2.45, 2.75) is 267 Å². The van der Waals surface area contributed by atoms with E-state index in [1.807, 2.05) is 13.8 Å². The van der Waals surface area contributed by atoms with Gasteiger partial charge < -0.3 is 69.5 Å². The van der Waals surface area contributed by atoms with E-state index in [4.69, 9.17) is 9.47 Å². The minimum Gasteiger partial charge on any atom is -0.381 e. The molecule has 8 rings (SSSR count). The van der Waals surface area contributed by atoms with Crippen LogP contribution in [0.15, 0.2) is 12.2 Å². The summed E-state index contributed by atoms with van der Waals surface area (Å²) in [5.74, 6) is -14.4. The van der Waals surface area contributed by atoms with Gasteiger partial charge >= 0.3 is 12.4 Å². The zero-order valence-corrected chi connectivity index (χ0v) is 67.0. The molecule has 5 aliphatic carbocycles. The lowest BCUT2D eigenvalue weighted by Crippen LogP contribution is -2.71. The topological polar surface area (TPSA) is 289 Å². The van der Waals surface area contributed by atoms with Crippen LogP contribution in [-0.4, -0.2) is 290 Å². The zero-order chi connectivity index (χ0) is 81.4. The number of hydrogen-bond donors (Lipinski definition) is 3. The Morgan fingerprint density at radius 1 is 0.636 bits per heavy atom. The number of likely N-dealkylation sites (N-methyl/N-ethyl adjacent to an activating group) is 7. The standard InChI is InChI=1S/C78H122F6N12O14/c1-15-46(3)63-72(106)90(9)43-62(99)91(10)55-27-18-17-21-36-95(71(55)105)58(37-47-28-32-51(33-29-47)77(79,80)81)70(104)89(8)42-60(97)85-54(35-31-48-30-34-53(78(82,83)84)59(38-48)109-14)68(102)96-41-52(110-16-2)39-56(96)66(100)87-76(44-75(4,5)45-76)74(108)94(13)65(50-23-19-20-24-50)73(107)92(11)57(69(103)88(6)7)40-61(98)93(12)64(67(101)86-63)49-25-22-26-49/h17-18,46-59,63-65H,15-16,19-45H2,1-14H3,(H,85,97)(H,86,101)(H,87,100)/b18-17-/t46-,47?,48?,51?,52+,53?,54-,55-,56-,57-,58-,59?,63-,64-,65-/m0/s1. The molecule has 620 valence electrons. The second-order valence-electron chi connectivity index (χ2n) is 34.0. The number of alkyl halides is 6. The number of carbonyl (C=O) groups excluding carboxylic acids is 12. The van der Waals surface area contributed by atoms with Crippen LogP contribution >= 0.6 is 0 Å². The van der Waals surface area contributed by atoms with Crippen molar-refractivity contribution in [3.05, 3.63) is 12.2 Å². The number of amides is 12. The molecule has 7 fully saturated rings. The number of methoxy groups -OCH3 is 1. The molecule has 0 aromatic carbocycles. The van der Waals surface area contributed by atoms with E-state index in [0.29, 0.717) is 44.9 Å². The van der Waals surface area contributed by atoms with Crippen molar-refractivity contribution in [3.63, 3.8) is 0 Å². The maximum Gasteiger partial charge on any atom is 0.394 e. The molecule has 1 spiro atoms. The Labute approximate surface area is 644 Å². The molecule has 12 amide bonds. The van der Waals surface area contributed by atoms with Gasteiger partial charge in [0.1, 0.15) is 53.9 Å². The molecular formula is C78H122F6N12O14. The van der Waals surface area contributed by atoms with Gasteiger partial charge in [-0.1, -0.05) is 65.5 Å². The second-order valence-corrected chi connectivity index (χ2v) is 34.0. The van der Waals surface area contributed by atoms with Gasteiger partial charge in [0.2, 0.25) is 70.9 Å². The van der Waals surface area contributed by atoms with E-state index >= 15 is 38.4 Å². The van der Waals surface area contributed by atoms with E-state index in [2.05, 4.69) is 16.0 Å². The monoisotopic (exact) mass is 1560 g/mol. The number of halogens is 6. The Balaban J connectivity index is 1.21. The van der Waals surface area contributed by atoms with Gasteiger partial charge in [-0.3, -0.25) is 57.5 Å². The number of rotatable bonds is 13. The Hall–Kier alpha value is -7.12. The first kappa shape index (κ1) is 88.4. The maximum absolute atomic E-state index is 15.8. The number of ether oxygens (including phenoxy) is 2. The van der Waals surface area contributed by atoms with Crippen LogP contribution in [0, 0.1) is 46.8 Å². The SMILES string of the molecule is CCO[C@@H]1C[C@H]2C(=O)NC3(CC(C)(C)C3)C(=O)N(C)[C@@H](C3CCCC3)C(=O)N(C)[C@H](C(=O)N(C)C)CC(=O)N(C)[C@@H](C3CCC3)C(=O)N[C@@H]([C@@H](C)CC)C(=O)N(C)CC(=O)N(C)[C@H]3C/C=C\CCN(C3=O)[C@@H](CC3CCC(C(F)(F)F)CC3)C(=O)N(C)CC(=O)N[C@@H](CCC3CCC(C(F)(F)F)C(OC)C3)C(=O)N2C1. The van der Waals surface area contributed by atoms with Crippen LogP contribution in [-0.2, 0) is 67.0 Å². The fourth-order valence-corrected chi connectivity index (χ4v) is 18.7. The highest BCUT2D eigenvalue weighted by atomic mass is 19.4. The van der Waals surface area contributed by atoms with Gasteiger partial charge in [-0.05, 0) is 158 Å². The summed E-state index contributed by atoms with van der Waals surface area (Å²) < 4.78 is 97.1. The first-order chi connectivity index (χ1) is 51.6. The number of nitrogens with one attached hydrogen (secondary N) is 3. The predicted octanol–water partition coefficient (Wildman–Crippen LogP) is 6.47. The Kier molecular flexibility index (Phi) is 29.9. The zero-order valence-electron chi connectivity index (χ0n) is 67.0.